The van der Waals surface area contributed by atoms with Crippen LogP contribution in [0.25, 0.3) is 11.3 Å². The Morgan fingerprint density at radius 1 is 0.667 bits per heavy atom. The van der Waals surface area contributed by atoms with Crippen molar-refractivity contribution in [1.82, 2.24) is 9.97 Å². The maximum atomic E-state index is 4.95. The first-order valence-corrected chi connectivity index (χ1v) is 9.34. The second-order valence-corrected chi connectivity index (χ2v) is 6.87. The first-order valence-electron chi connectivity index (χ1n) is 9.34. The quantitative estimate of drug-likeness (QED) is 0.851. The minimum Gasteiger partial charge on any atom is -0.356 e. The number of aromatic nitrogens is 2. The SMILES string of the molecule is c1ccc(-c2cc(N3CCCC3)nc(N3CCCCCC3)n2)cc1. The van der Waals surface area contributed by atoms with Crippen LogP contribution in [0, 0.1) is 0 Å². The molecule has 0 amide bonds. The highest BCUT2D eigenvalue weighted by Gasteiger charge is 2.19. The molecule has 4 heteroatoms. The molecule has 0 atom stereocenters. The smallest absolute Gasteiger partial charge is 0.227 e. The molecule has 1 aromatic carbocycles. The van der Waals surface area contributed by atoms with Crippen molar-refractivity contribution in [3.05, 3.63) is 36.4 Å². The fraction of sp³-hybridized carbons (Fsp3) is 0.500. The molecule has 0 unspecified atom stereocenters. The van der Waals surface area contributed by atoms with Crippen LogP contribution in [-0.2, 0) is 0 Å². The summed E-state index contributed by atoms with van der Waals surface area (Å²) in [4.78, 5) is 14.7. The van der Waals surface area contributed by atoms with Crippen LogP contribution in [0.3, 0.4) is 0 Å². The number of hydrogen-bond donors (Lipinski definition) is 0. The summed E-state index contributed by atoms with van der Waals surface area (Å²) in [5, 5.41) is 0. The Kier molecular flexibility index (Phi) is 4.63. The van der Waals surface area contributed by atoms with E-state index >= 15 is 0 Å². The van der Waals surface area contributed by atoms with Crippen molar-refractivity contribution in [3.63, 3.8) is 0 Å². The molecule has 24 heavy (non-hydrogen) atoms. The summed E-state index contributed by atoms with van der Waals surface area (Å²) in [6, 6.07) is 12.7. The zero-order chi connectivity index (χ0) is 16.2. The maximum absolute atomic E-state index is 4.95. The molecule has 2 fully saturated rings. The zero-order valence-electron chi connectivity index (χ0n) is 14.3. The molecule has 2 aromatic rings. The van der Waals surface area contributed by atoms with Crippen LogP contribution >= 0.6 is 0 Å². The fourth-order valence-electron chi connectivity index (χ4n) is 3.70. The van der Waals surface area contributed by atoms with Gasteiger partial charge in [0.15, 0.2) is 0 Å². The predicted octanol–water partition coefficient (Wildman–Crippen LogP) is 4.12. The fourth-order valence-corrected chi connectivity index (χ4v) is 3.70. The van der Waals surface area contributed by atoms with Gasteiger partial charge in [0.1, 0.15) is 5.82 Å². The molecule has 4 rings (SSSR count). The Balaban J connectivity index is 1.72. The number of nitrogens with zero attached hydrogens (tertiary/aromatic N) is 4. The highest BCUT2D eigenvalue weighted by molar-refractivity contribution is 5.65. The van der Waals surface area contributed by atoms with E-state index in [9.17, 15) is 0 Å². The summed E-state index contributed by atoms with van der Waals surface area (Å²) in [5.41, 5.74) is 2.23. The van der Waals surface area contributed by atoms with Gasteiger partial charge in [-0.05, 0) is 25.7 Å². The van der Waals surface area contributed by atoms with E-state index in [0.29, 0.717) is 0 Å². The van der Waals surface area contributed by atoms with Gasteiger partial charge in [-0.15, -0.1) is 0 Å². The van der Waals surface area contributed by atoms with Gasteiger partial charge in [-0.25, -0.2) is 4.98 Å². The van der Waals surface area contributed by atoms with Crippen LogP contribution in [-0.4, -0.2) is 36.1 Å². The van der Waals surface area contributed by atoms with Crippen molar-refractivity contribution in [1.29, 1.82) is 0 Å². The Morgan fingerprint density at radius 3 is 2.00 bits per heavy atom. The van der Waals surface area contributed by atoms with E-state index in [4.69, 9.17) is 9.97 Å². The highest BCUT2D eigenvalue weighted by Crippen LogP contribution is 2.27. The first-order chi connectivity index (χ1) is 11.9. The lowest BCUT2D eigenvalue weighted by molar-refractivity contribution is 0.726. The van der Waals surface area contributed by atoms with Crippen molar-refractivity contribution in [2.75, 3.05) is 36.0 Å². The largest absolute Gasteiger partial charge is 0.356 e. The monoisotopic (exact) mass is 322 g/mol. The molecule has 0 bridgehead atoms. The summed E-state index contributed by atoms with van der Waals surface area (Å²) in [6.07, 6.45) is 7.69. The molecule has 4 nitrogen and oxygen atoms in total. The van der Waals surface area contributed by atoms with Crippen LogP contribution in [0.2, 0.25) is 0 Å². The first kappa shape index (κ1) is 15.4. The van der Waals surface area contributed by atoms with Gasteiger partial charge < -0.3 is 9.80 Å². The van der Waals surface area contributed by atoms with Gasteiger partial charge in [0.25, 0.3) is 0 Å². The lowest BCUT2D eigenvalue weighted by atomic mass is 10.1. The molecule has 126 valence electrons. The molecule has 0 spiro atoms. The molecule has 2 aliphatic rings. The van der Waals surface area contributed by atoms with E-state index in [2.05, 4.69) is 46.2 Å². The van der Waals surface area contributed by atoms with Crippen molar-refractivity contribution in [3.8, 4) is 11.3 Å². The molecular formula is C20H26N4. The summed E-state index contributed by atoms with van der Waals surface area (Å²) >= 11 is 0. The lowest BCUT2D eigenvalue weighted by Gasteiger charge is -2.24. The molecule has 1 aromatic heterocycles. The van der Waals surface area contributed by atoms with E-state index in [1.165, 1.54) is 44.1 Å². The Labute approximate surface area is 144 Å². The summed E-state index contributed by atoms with van der Waals surface area (Å²) in [5.74, 6) is 2.01. The minimum atomic E-state index is 0.917. The van der Waals surface area contributed by atoms with Crippen molar-refractivity contribution in [2.24, 2.45) is 0 Å². The molecule has 2 saturated heterocycles. The Morgan fingerprint density at radius 2 is 1.29 bits per heavy atom. The second kappa shape index (κ2) is 7.20. The summed E-state index contributed by atoms with van der Waals surface area (Å²) < 4.78 is 0. The molecule has 3 heterocycles. The van der Waals surface area contributed by atoms with Crippen LogP contribution in [0.5, 0.6) is 0 Å². The standard InChI is InChI=1S/C20H26N4/c1-2-7-15-24(14-6-1)20-21-18(17-10-4-3-5-11-17)16-19(22-20)23-12-8-9-13-23/h3-5,10-11,16H,1-2,6-9,12-15H2. The number of benzene rings is 1. The van der Waals surface area contributed by atoms with E-state index < -0.39 is 0 Å². The lowest BCUT2D eigenvalue weighted by Crippen LogP contribution is -2.27. The van der Waals surface area contributed by atoms with Crippen molar-refractivity contribution < 1.29 is 0 Å². The van der Waals surface area contributed by atoms with Crippen LogP contribution < -0.4 is 9.80 Å². The summed E-state index contributed by atoms with van der Waals surface area (Å²) in [7, 11) is 0. The highest BCUT2D eigenvalue weighted by atomic mass is 15.3. The third kappa shape index (κ3) is 3.37. The van der Waals surface area contributed by atoms with Gasteiger partial charge in [0.2, 0.25) is 5.95 Å². The van der Waals surface area contributed by atoms with Crippen LogP contribution in [0.15, 0.2) is 36.4 Å². The van der Waals surface area contributed by atoms with E-state index in [-0.39, 0.29) is 0 Å². The van der Waals surface area contributed by atoms with Gasteiger partial charge in [0.05, 0.1) is 5.69 Å². The molecular weight excluding hydrogens is 296 g/mol. The molecule has 0 radical (unpaired) electrons. The van der Waals surface area contributed by atoms with Gasteiger partial charge in [0, 0.05) is 37.8 Å². The van der Waals surface area contributed by atoms with Gasteiger partial charge in [-0.1, -0.05) is 43.2 Å². The third-order valence-electron chi connectivity index (χ3n) is 5.09. The Bertz CT molecular complexity index is 657. The normalized spacial score (nSPS) is 18.7. The number of anilines is 2. The molecule has 0 N–H and O–H groups in total. The maximum Gasteiger partial charge on any atom is 0.227 e. The Hall–Kier alpha value is -2.10. The number of rotatable bonds is 3. The predicted molar refractivity (Wildman–Crippen MR) is 99.6 cm³/mol. The van der Waals surface area contributed by atoms with Crippen LogP contribution in [0.1, 0.15) is 38.5 Å². The third-order valence-corrected chi connectivity index (χ3v) is 5.09. The van der Waals surface area contributed by atoms with Crippen molar-refractivity contribution in [2.45, 2.75) is 38.5 Å². The van der Waals surface area contributed by atoms with Crippen molar-refractivity contribution >= 4 is 11.8 Å². The van der Waals surface area contributed by atoms with Gasteiger partial charge in [-0.3, -0.25) is 0 Å². The van der Waals surface area contributed by atoms with Gasteiger partial charge >= 0.3 is 0 Å². The molecule has 0 saturated carbocycles. The second-order valence-electron chi connectivity index (χ2n) is 6.87. The van der Waals surface area contributed by atoms with Crippen LogP contribution in [0.4, 0.5) is 11.8 Å². The van der Waals surface area contributed by atoms with E-state index in [1.807, 2.05) is 0 Å². The van der Waals surface area contributed by atoms with Gasteiger partial charge in [-0.2, -0.15) is 4.98 Å². The number of hydrogen-bond acceptors (Lipinski definition) is 4. The summed E-state index contributed by atoms with van der Waals surface area (Å²) in [6.45, 7) is 4.39. The topological polar surface area (TPSA) is 32.3 Å². The minimum absolute atomic E-state index is 0.917. The van der Waals surface area contributed by atoms with E-state index in [1.54, 1.807) is 0 Å². The molecule has 0 aliphatic carbocycles. The zero-order valence-corrected chi connectivity index (χ0v) is 14.3. The average Bonchev–Trinajstić information content (AvgIpc) is 3.05. The van der Waals surface area contributed by atoms with E-state index in [0.717, 1.165) is 43.6 Å². The average molecular weight is 322 g/mol. The molecule has 2 aliphatic heterocycles.